The second kappa shape index (κ2) is 8.64. The lowest BCUT2D eigenvalue weighted by molar-refractivity contribution is -0.122. The maximum atomic E-state index is 11.4. The van der Waals surface area contributed by atoms with Crippen molar-refractivity contribution in [2.75, 3.05) is 32.8 Å². The van der Waals surface area contributed by atoms with Crippen LogP contribution in [0.5, 0.6) is 0 Å². The number of amides is 1. The molecule has 5 nitrogen and oxygen atoms in total. The van der Waals surface area contributed by atoms with Crippen LogP contribution in [0.1, 0.15) is 20.3 Å². The monoisotopic (exact) mass is 218 g/mol. The van der Waals surface area contributed by atoms with Crippen LogP contribution >= 0.6 is 0 Å². The zero-order valence-corrected chi connectivity index (χ0v) is 9.57. The normalized spacial score (nSPS) is 11.1. The Morgan fingerprint density at radius 3 is 2.47 bits per heavy atom. The Labute approximate surface area is 91.1 Å². The maximum Gasteiger partial charge on any atom is 0.234 e. The molecule has 0 rings (SSSR count). The number of carbonyl (C=O) groups is 1. The zero-order chi connectivity index (χ0) is 11.7. The Bertz CT molecular complexity index is 174. The second-order valence-corrected chi connectivity index (χ2v) is 3.71. The van der Waals surface area contributed by atoms with Crippen molar-refractivity contribution in [1.29, 1.82) is 0 Å². The highest BCUT2D eigenvalue weighted by molar-refractivity contribution is 5.78. The van der Waals surface area contributed by atoms with E-state index in [-0.39, 0.29) is 25.2 Å². The molecule has 0 radical (unpaired) electrons. The number of rotatable bonds is 8. The van der Waals surface area contributed by atoms with Gasteiger partial charge in [-0.25, -0.2) is 0 Å². The first-order valence-corrected chi connectivity index (χ1v) is 5.34. The Morgan fingerprint density at radius 1 is 1.33 bits per heavy atom. The predicted molar refractivity (Wildman–Crippen MR) is 58.5 cm³/mol. The van der Waals surface area contributed by atoms with Gasteiger partial charge in [0, 0.05) is 25.7 Å². The number of nitrogens with zero attached hydrogens (tertiary/aromatic N) is 1. The molecular weight excluding hydrogens is 196 g/mol. The van der Waals surface area contributed by atoms with Crippen molar-refractivity contribution in [3.8, 4) is 0 Å². The van der Waals surface area contributed by atoms with E-state index in [0.29, 0.717) is 26.1 Å². The number of hydrogen-bond donors (Lipinski definition) is 3. The van der Waals surface area contributed by atoms with Crippen LogP contribution in [0.15, 0.2) is 0 Å². The smallest absolute Gasteiger partial charge is 0.234 e. The maximum absolute atomic E-state index is 11.4. The van der Waals surface area contributed by atoms with E-state index >= 15 is 0 Å². The molecule has 0 bridgehead atoms. The van der Waals surface area contributed by atoms with Gasteiger partial charge in [-0.1, -0.05) is 0 Å². The zero-order valence-electron chi connectivity index (χ0n) is 9.57. The standard InChI is InChI=1S/C10H22N2O3/c1-9(2)12(5-3-6-13)8-10(15)11-4-7-14/h9,13-14H,3-8H2,1-2H3,(H,11,15). The average Bonchev–Trinajstić information content (AvgIpc) is 2.20. The quantitative estimate of drug-likeness (QED) is 0.498. The first kappa shape index (κ1) is 14.3. The molecule has 0 aliphatic heterocycles. The summed E-state index contributed by atoms with van der Waals surface area (Å²) in [6.07, 6.45) is 0.672. The molecule has 0 atom stereocenters. The highest BCUT2D eigenvalue weighted by Gasteiger charge is 2.12. The second-order valence-electron chi connectivity index (χ2n) is 3.71. The Balaban J connectivity index is 3.87. The number of aliphatic hydroxyl groups excluding tert-OH is 2. The molecule has 0 aromatic heterocycles. The minimum atomic E-state index is -0.0873. The van der Waals surface area contributed by atoms with E-state index in [2.05, 4.69) is 5.32 Å². The number of nitrogens with one attached hydrogen (secondary N) is 1. The van der Waals surface area contributed by atoms with Crippen molar-refractivity contribution in [1.82, 2.24) is 10.2 Å². The van der Waals surface area contributed by atoms with Gasteiger partial charge in [-0.2, -0.15) is 0 Å². The first-order valence-electron chi connectivity index (χ1n) is 5.34. The van der Waals surface area contributed by atoms with E-state index in [1.54, 1.807) is 0 Å². The van der Waals surface area contributed by atoms with Gasteiger partial charge in [-0.05, 0) is 20.3 Å². The van der Waals surface area contributed by atoms with Gasteiger partial charge in [0.1, 0.15) is 0 Å². The molecule has 0 saturated heterocycles. The molecule has 0 aromatic carbocycles. The summed E-state index contributed by atoms with van der Waals surface area (Å²) < 4.78 is 0. The van der Waals surface area contributed by atoms with E-state index in [1.165, 1.54) is 0 Å². The third kappa shape index (κ3) is 7.30. The first-order chi connectivity index (χ1) is 7.11. The van der Waals surface area contributed by atoms with Gasteiger partial charge in [0.25, 0.3) is 0 Å². The molecule has 5 heteroatoms. The largest absolute Gasteiger partial charge is 0.396 e. The lowest BCUT2D eigenvalue weighted by atomic mass is 10.3. The third-order valence-corrected chi connectivity index (χ3v) is 2.11. The van der Waals surface area contributed by atoms with Crippen molar-refractivity contribution in [3.05, 3.63) is 0 Å². The number of hydrogen-bond acceptors (Lipinski definition) is 4. The van der Waals surface area contributed by atoms with Gasteiger partial charge in [0.05, 0.1) is 13.2 Å². The highest BCUT2D eigenvalue weighted by Crippen LogP contribution is 1.98. The minimum absolute atomic E-state index is 0.0376. The summed E-state index contributed by atoms with van der Waals surface area (Å²) in [4.78, 5) is 13.3. The molecular formula is C10H22N2O3. The Morgan fingerprint density at radius 2 is 2.00 bits per heavy atom. The Kier molecular flexibility index (Phi) is 8.27. The van der Waals surface area contributed by atoms with Crippen LogP contribution in [0.3, 0.4) is 0 Å². The molecule has 0 heterocycles. The van der Waals surface area contributed by atoms with E-state index in [0.717, 1.165) is 0 Å². The van der Waals surface area contributed by atoms with E-state index in [1.807, 2.05) is 18.7 Å². The van der Waals surface area contributed by atoms with E-state index < -0.39 is 0 Å². The summed E-state index contributed by atoms with van der Waals surface area (Å²) in [7, 11) is 0. The lowest BCUT2D eigenvalue weighted by Gasteiger charge is -2.25. The molecule has 3 N–H and O–H groups in total. The van der Waals surface area contributed by atoms with Gasteiger partial charge in [-0.15, -0.1) is 0 Å². The molecule has 0 unspecified atom stereocenters. The fourth-order valence-electron chi connectivity index (χ4n) is 1.23. The fraction of sp³-hybridized carbons (Fsp3) is 0.900. The van der Waals surface area contributed by atoms with Crippen molar-refractivity contribution in [3.63, 3.8) is 0 Å². The van der Waals surface area contributed by atoms with Crippen LogP contribution in [0.4, 0.5) is 0 Å². The van der Waals surface area contributed by atoms with Gasteiger partial charge < -0.3 is 15.5 Å². The molecule has 0 aliphatic carbocycles. The van der Waals surface area contributed by atoms with Crippen molar-refractivity contribution in [2.45, 2.75) is 26.3 Å². The van der Waals surface area contributed by atoms with Gasteiger partial charge in [0.15, 0.2) is 0 Å². The van der Waals surface area contributed by atoms with Crippen LogP contribution in [-0.4, -0.2) is 59.9 Å². The lowest BCUT2D eigenvalue weighted by Crippen LogP contribution is -2.42. The summed E-state index contributed by atoms with van der Waals surface area (Å²) in [5, 5.41) is 19.9. The molecule has 15 heavy (non-hydrogen) atoms. The summed E-state index contributed by atoms with van der Waals surface area (Å²) in [6.45, 7) is 5.45. The van der Waals surface area contributed by atoms with Crippen LogP contribution in [0.25, 0.3) is 0 Å². The van der Waals surface area contributed by atoms with Crippen molar-refractivity contribution < 1.29 is 15.0 Å². The minimum Gasteiger partial charge on any atom is -0.396 e. The molecule has 90 valence electrons. The number of carbonyl (C=O) groups excluding carboxylic acids is 1. The van der Waals surface area contributed by atoms with Gasteiger partial charge in [-0.3, -0.25) is 9.69 Å². The fourth-order valence-corrected chi connectivity index (χ4v) is 1.23. The molecule has 0 spiro atoms. The summed E-state index contributed by atoms with van der Waals surface area (Å²) >= 11 is 0. The van der Waals surface area contributed by atoms with E-state index in [4.69, 9.17) is 10.2 Å². The third-order valence-electron chi connectivity index (χ3n) is 2.11. The molecule has 1 amide bonds. The average molecular weight is 218 g/mol. The molecule has 0 aliphatic rings. The van der Waals surface area contributed by atoms with Crippen LogP contribution in [0, 0.1) is 0 Å². The van der Waals surface area contributed by atoms with Gasteiger partial charge in [0.2, 0.25) is 5.91 Å². The summed E-state index contributed by atoms with van der Waals surface area (Å²) in [5.74, 6) is -0.0873. The van der Waals surface area contributed by atoms with Crippen molar-refractivity contribution >= 4 is 5.91 Å². The van der Waals surface area contributed by atoms with Crippen molar-refractivity contribution in [2.24, 2.45) is 0 Å². The van der Waals surface area contributed by atoms with E-state index in [9.17, 15) is 4.79 Å². The number of aliphatic hydroxyl groups is 2. The molecule has 0 aromatic rings. The summed E-state index contributed by atoms with van der Waals surface area (Å²) in [6, 6.07) is 0.274. The Hall–Kier alpha value is -0.650. The van der Waals surface area contributed by atoms with Crippen LogP contribution in [0.2, 0.25) is 0 Å². The van der Waals surface area contributed by atoms with Crippen LogP contribution in [-0.2, 0) is 4.79 Å². The highest BCUT2D eigenvalue weighted by atomic mass is 16.3. The summed E-state index contributed by atoms with van der Waals surface area (Å²) in [5.41, 5.74) is 0. The topological polar surface area (TPSA) is 72.8 Å². The molecule has 0 fully saturated rings. The van der Waals surface area contributed by atoms with Gasteiger partial charge >= 0.3 is 0 Å². The SMILES string of the molecule is CC(C)N(CCCO)CC(=O)NCCO. The predicted octanol–water partition coefficient (Wildman–Crippen LogP) is -0.812. The van der Waals surface area contributed by atoms with Crippen LogP contribution < -0.4 is 5.32 Å². The molecule has 0 saturated carbocycles.